The van der Waals surface area contributed by atoms with E-state index >= 15 is 0 Å². The Bertz CT molecular complexity index is 1420. The summed E-state index contributed by atoms with van der Waals surface area (Å²) in [5.74, 6) is 0.322. The lowest BCUT2D eigenvalue weighted by Gasteiger charge is -2.29. The SMILES string of the molecule is Cc1nc(-c2c(Cl)nn(C)c2COC(=O)Oc2ccc([N+](=O)[O-])cc2)ccc1O[C@H]1CCC[C@H](C(=O)OC(C)C)C1. The number of nitro benzene ring substituents is 1. The van der Waals surface area contributed by atoms with Crippen molar-refractivity contribution in [3.63, 3.8) is 0 Å². The molecule has 0 spiro atoms. The van der Waals surface area contributed by atoms with Gasteiger partial charge in [-0.3, -0.25) is 19.6 Å². The van der Waals surface area contributed by atoms with Gasteiger partial charge >= 0.3 is 12.1 Å². The Morgan fingerprint density at radius 1 is 1.17 bits per heavy atom. The van der Waals surface area contributed by atoms with E-state index in [-0.39, 0.29) is 47.3 Å². The van der Waals surface area contributed by atoms with Crippen molar-refractivity contribution in [3.8, 4) is 22.8 Å². The van der Waals surface area contributed by atoms with Crippen LogP contribution in [0, 0.1) is 23.0 Å². The number of carbonyl (C=O) groups excluding carboxylic acids is 2. The van der Waals surface area contributed by atoms with Gasteiger partial charge in [-0.25, -0.2) is 9.78 Å². The first-order valence-electron chi connectivity index (χ1n) is 13.2. The molecule has 4 rings (SSSR count). The second-order valence-corrected chi connectivity index (χ2v) is 10.4. The van der Waals surface area contributed by atoms with Gasteiger partial charge in [0.15, 0.2) is 5.15 Å². The molecule has 0 bridgehead atoms. The van der Waals surface area contributed by atoms with Crippen LogP contribution in [0.2, 0.25) is 5.15 Å². The number of hydrogen-bond acceptors (Lipinski definition) is 10. The molecule has 1 saturated carbocycles. The third-order valence-electron chi connectivity index (χ3n) is 6.60. The zero-order chi connectivity index (χ0) is 29.7. The Kier molecular flexibility index (Phi) is 9.43. The van der Waals surface area contributed by atoms with E-state index in [1.54, 1.807) is 19.2 Å². The van der Waals surface area contributed by atoms with E-state index < -0.39 is 11.1 Å². The summed E-state index contributed by atoms with van der Waals surface area (Å²) in [5.41, 5.74) is 1.97. The molecule has 2 atom stereocenters. The molecule has 0 unspecified atom stereocenters. The van der Waals surface area contributed by atoms with Gasteiger partial charge in [0.1, 0.15) is 18.1 Å². The molecule has 41 heavy (non-hydrogen) atoms. The van der Waals surface area contributed by atoms with Crippen LogP contribution in [0.15, 0.2) is 36.4 Å². The van der Waals surface area contributed by atoms with Gasteiger partial charge in [-0.05, 0) is 70.7 Å². The number of ether oxygens (including phenoxy) is 4. The number of pyridine rings is 1. The van der Waals surface area contributed by atoms with Crippen LogP contribution in [0.25, 0.3) is 11.3 Å². The summed E-state index contributed by atoms with van der Waals surface area (Å²) in [6, 6.07) is 8.58. The van der Waals surface area contributed by atoms with Crippen molar-refractivity contribution < 1.29 is 33.5 Å². The van der Waals surface area contributed by atoms with Gasteiger partial charge in [0, 0.05) is 19.2 Å². The molecule has 1 aromatic carbocycles. The van der Waals surface area contributed by atoms with Gasteiger partial charge in [0.25, 0.3) is 5.69 Å². The maximum absolute atomic E-state index is 12.4. The molecule has 0 radical (unpaired) electrons. The maximum Gasteiger partial charge on any atom is 0.514 e. The molecule has 0 amide bonds. The largest absolute Gasteiger partial charge is 0.514 e. The summed E-state index contributed by atoms with van der Waals surface area (Å²) >= 11 is 6.43. The van der Waals surface area contributed by atoms with Gasteiger partial charge in [-0.2, -0.15) is 5.10 Å². The number of halogens is 1. The zero-order valence-electron chi connectivity index (χ0n) is 23.2. The van der Waals surface area contributed by atoms with Crippen LogP contribution in [-0.4, -0.2) is 44.0 Å². The number of nitro groups is 1. The fraction of sp³-hybridized carbons (Fsp3) is 0.429. The lowest BCUT2D eigenvalue weighted by atomic mass is 9.87. The van der Waals surface area contributed by atoms with E-state index in [4.69, 9.17) is 30.5 Å². The first-order chi connectivity index (χ1) is 19.5. The number of benzene rings is 1. The van der Waals surface area contributed by atoms with Gasteiger partial charge in [-0.1, -0.05) is 11.6 Å². The highest BCUT2D eigenvalue weighted by Gasteiger charge is 2.30. The van der Waals surface area contributed by atoms with Gasteiger partial charge < -0.3 is 18.9 Å². The van der Waals surface area contributed by atoms with Gasteiger partial charge in [-0.15, -0.1) is 0 Å². The Balaban J connectivity index is 1.42. The van der Waals surface area contributed by atoms with E-state index in [9.17, 15) is 19.7 Å². The standard InChI is InChI=1S/C28H31ClN4O8/c1-16(2)39-27(34)18-6-5-7-21(14-18)40-24-13-12-22(30-17(24)3)25-23(32(4)31-26(25)29)15-38-28(35)41-20-10-8-19(9-11-20)33(36)37/h8-13,16,18,21H,5-7,14-15H2,1-4H3/t18-,21-/m0/s1. The van der Waals surface area contributed by atoms with Crippen LogP contribution in [0.5, 0.6) is 11.5 Å². The van der Waals surface area contributed by atoms with E-state index in [1.807, 2.05) is 20.8 Å². The van der Waals surface area contributed by atoms with Crippen molar-refractivity contribution in [1.29, 1.82) is 0 Å². The summed E-state index contributed by atoms with van der Waals surface area (Å²) in [5, 5.41) is 15.2. The highest BCUT2D eigenvalue weighted by molar-refractivity contribution is 6.32. The molecule has 0 saturated heterocycles. The zero-order valence-corrected chi connectivity index (χ0v) is 23.9. The van der Waals surface area contributed by atoms with Crippen molar-refractivity contribution in [2.24, 2.45) is 13.0 Å². The van der Waals surface area contributed by atoms with Crippen molar-refractivity contribution in [1.82, 2.24) is 14.8 Å². The van der Waals surface area contributed by atoms with E-state index in [0.717, 1.165) is 19.3 Å². The minimum atomic E-state index is -1.00. The molecule has 12 nitrogen and oxygen atoms in total. The summed E-state index contributed by atoms with van der Waals surface area (Å²) in [6.07, 6.45) is 1.78. The lowest BCUT2D eigenvalue weighted by molar-refractivity contribution is -0.384. The Morgan fingerprint density at radius 3 is 2.56 bits per heavy atom. The molecule has 0 N–H and O–H groups in total. The molecule has 1 aliphatic carbocycles. The average Bonchev–Trinajstić information content (AvgIpc) is 3.21. The van der Waals surface area contributed by atoms with Crippen molar-refractivity contribution >= 4 is 29.4 Å². The summed E-state index contributed by atoms with van der Waals surface area (Å²) in [7, 11) is 1.66. The number of aromatic nitrogens is 3. The Labute approximate surface area is 241 Å². The molecule has 0 aliphatic heterocycles. The first-order valence-corrected chi connectivity index (χ1v) is 13.5. The van der Waals surface area contributed by atoms with Crippen LogP contribution >= 0.6 is 11.6 Å². The normalized spacial score (nSPS) is 16.7. The Hall–Kier alpha value is -4.19. The quantitative estimate of drug-likeness (QED) is 0.127. The minimum Gasteiger partial charge on any atom is -0.489 e. The van der Waals surface area contributed by atoms with E-state index in [2.05, 4.69) is 10.1 Å². The number of non-ortho nitro benzene ring substituents is 1. The minimum absolute atomic E-state index is 0.0952. The first kappa shape index (κ1) is 29.8. The molecule has 2 aromatic heterocycles. The van der Waals surface area contributed by atoms with Crippen molar-refractivity contribution in [2.75, 3.05) is 0 Å². The van der Waals surface area contributed by atoms with Crippen LogP contribution in [0.3, 0.4) is 0 Å². The fourth-order valence-corrected chi connectivity index (χ4v) is 4.94. The third-order valence-corrected chi connectivity index (χ3v) is 6.86. The average molecular weight is 587 g/mol. The molecular formula is C28H31ClN4O8. The fourth-order valence-electron chi connectivity index (χ4n) is 4.62. The molecule has 218 valence electrons. The number of rotatable bonds is 9. The van der Waals surface area contributed by atoms with Crippen LogP contribution < -0.4 is 9.47 Å². The number of carbonyl (C=O) groups is 2. The molecule has 2 heterocycles. The number of hydrogen-bond donors (Lipinski definition) is 0. The second kappa shape index (κ2) is 13.0. The monoisotopic (exact) mass is 586 g/mol. The lowest BCUT2D eigenvalue weighted by Crippen LogP contribution is -2.31. The molecule has 1 fully saturated rings. The number of nitrogens with zero attached hydrogens (tertiary/aromatic N) is 4. The highest BCUT2D eigenvalue weighted by atomic mass is 35.5. The summed E-state index contributed by atoms with van der Waals surface area (Å²) < 4.78 is 23.5. The van der Waals surface area contributed by atoms with Crippen LogP contribution in [-0.2, 0) is 27.9 Å². The van der Waals surface area contributed by atoms with E-state index in [0.29, 0.717) is 34.8 Å². The van der Waals surface area contributed by atoms with Crippen LogP contribution in [0.1, 0.15) is 50.9 Å². The Morgan fingerprint density at radius 2 is 1.90 bits per heavy atom. The molecule has 3 aromatic rings. The molecule has 13 heteroatoms. The maximum atomic E-state index is 12.4. The summed E-state index contributed by atoms with van der Waals surface area (Å²) in [4.78, 5) is 39.6. The van der Waals surface area contributed by atoms with Crippen LogP contribution in [0.4, 0.5) is 10.5 Å². The highest BCUT2D eigenvalue weighted by Crippen LogP contribution is 2.34. The molecule has 1 aliphatic rings. The topological polar surface area (TPSA) is 145 Å². The van der Waals surface area contributed by atoms with Crippen molar-refractivity contribution in [3.05, 3.63) is 63.1 Å². The summed E-state index contributed by atoms with van der Waals surface area (Å²) in [6.45, 7) is 5.27. The smallest absolute Gasteiger partial charge is 0.489 e. The third kappa shape index (κ3) is 7.51. The van der Waals surface area contributed by atoms with Gasteiger partial charge in [0.2, 0.25) is 0 Å². The second-order valence-electron chi connectivity index (χ2n) is 10.00. The number of aryl methyl sites for hydroxylation is 2. The van der Waals surface area contributed by atoms with Gasteiger partial charge in [0.05, 0.1) is 45.7 Å². The van der Waals surface area contributed by atoms with Crippen molar-refractivity contribution in [2.45, 2.75) is 65.3 Å². The number of esters is 1. The van der Waals surface area contributed by atoms with E-state index in [1.165, 1.54) is 28.9 Å². The predicted octanol–water partition coefficient (Wildman–Crippen LogP) is 5.96. The molecular weight excluding hydrogens is 556 g/mol. The predicted molar refractivity (Wildman–Crippen MR) is 148 cm³/mol.